The molecule has 1 unspecified atom stereocenters. The van der Waals surface area contributed by atoms with Gasteiger partial charge >= 0.3 is 0 Å². The molecule has 122 valence electrons. The zero-order valence-electron chi connectivity index (χ0n) is 13.8. The van der Waals surface area contributed by atoms with Crippen molar-refractivity contribution in [3.05, 3.63) is 65.6 Å². The van der Waals surface area contributed by atoms with E-state index in [9.17, 15) is 4.79 Å². The van der Waals surface area contributed by atoms with Gasteiger partial charge in [0, 0.05) is 17.1 Å². The number of amides is 1. The van der Waals surface area contributed by atoms with Crippen molar-refractivity contribution in [1.82, 2.24) is 15.3 Å². The third kappa shape index (κ3) is 2.80. The van der Waals surface area contributed by atoms with E-state index in [1.165, 1.54) is 5.56 Å². The zero-order valence-corrected chi connectivity index (χ0v) is 13.8. The highest BCUT2D eigenvalue weighted by Crippen LogP contribution is 2.40. The molecule has 0 saturated heterocycles. The van der Waals surface area contributed by atoms with Crippen LogP contribution in [0.15, 0.2) is 48.7 Å². The maximum absolute atomic E-state index is 12.8. The van der Waals surface area contributed by atoms with E-state index in [0.717, 1.165) is 35.9 Å². The van der Waals surface area contributed by atoms with Crippen LogP contribution in [0.25, 0.3) is 10.9 Å². The number of aryl methyl sites for hydroxylation is 1. The lowest BCUT2D eigenvalue weighted by Crippen LogP contribution is -2.30. The molecule has 2 aromatic heterocycles. The predicted molar refractivity (Wildman–Crippen MR) is 94.8 cm³/mol. The molecule has 24 heavy (non-hydrogen) atoms. The average molecular weight is 319 g/mol. The number of H-pyrrole nitrogens is 1. The smallest absolute Gasteiger partial charge is 0.268 e. The Bertz CT molecular complexity index is 865. The first-order chi connectivity index (χ1) is 11.8. The molecule has 1 aliphatic rings. The van der Waals surface area contributed by atoms with Crippen LogP contribution in [0.5, 0.6) is 0 Å². The van der Waals surface area contributed by atoms with Crippen LogP contribution in [0.1, 0.15) is 47.6 Å². The predicted octanol–water partition coefficient (Wildman–Crippen LogP) is 4.01. The van der Waals surface area contributed by atoms with Gasteiger partial charge in [-0.05, 0) is 48.9 Å². The van der Waals surface area contributed by atoms with Crippen molar-refractivity contribution in [2.24, 2.45) is 5.92 Å². The Morgan fingerprint density at radius 3 is 2.88 bits per heavy atom. The normalized spacial score (nSPS) is 15.4. The summed E-state index contributed by atoms with van der Waals surface area (Å²) < 4.78 is 0. The molecule has 0 bridgehead atoms. The van der Waals surface area contributed by atoms with Gasteiger partial charge in [-0.15, -0.1) is 0 Å². The highest BCUT2D eigenvalue weighted by molar-refractivity contribution is 5.98. The molecular weight excluding hydrogens is 298 g/mol. The summed E-state index contributed by atoms with van der Waals surface area (Å²) in [6, 6.07) is 14.0. The molecule has 0 aliphatic heterocycles. The third-order valence-corrected chi connectivity index (χ3v) is 4.75. The molecule has 0 radical (unpaired) electrons. The van der Waals surface area contributed by atoms with E-state index in [1.807, 2.05) is 36.4 Å². The van der Waals surface area contributed by atoms with Gasteiger partial charge in [-0.25, -0.2) is 0 Å². The van der Waals surface area contributed by atoms with Gasteiger partial charge in [0.25, 0.3) is 5.91 Å². The highest BCUT2D eigenvalue weighted by atomic mass is 16.1. The Labute approximate surface area is 141 Å². The van der Waals surface area contributed by atoms with Gasteiger partial charge in [0.2, 0.25) is 0 Å². The van der Waals surface area contributed by atoms with Crippen LogP contribution in [0.3, 0.4) is 0 Å². The molecule has 1 amide bonds. The molecule has 1 atom stereocenters. The minimum atomic E-state index is -0.0594. The minimum absolute atomic E-state index is 0.00393. The maximum Gasteiger partial charge on any atom is 0.268 e. The average Bonchev–Trinajstić information content (AvgIpc) is 3.36. The van der Waals surface area contributed by atoms with E-state index < -0.39 is 0 Å². The molecule has 0 spiro atoms. The first-order valence-electron chi connectivity index (χ1n) is 8.58. The molecule has 1 aromatic carbocycles. The van der Waals surface area contributed by atoms with Gasteiger partial charge < -0.3 is 10.3 Å². The number of hydrogen-bond donors (Lipinski definition) is 2. The highest BCUT2D eigenvalue weighted by Gasteiger charge is 2.34. The van der Waals surface area contributed by atoms with E-state index in [2.05, 4.69) is 28.3 Å². The first-order valence-corrected chi connectivity index (χ1v) is 8.58. The van der Waals surface area contributed by atoms with Crippen molar-refractivity contribution >= 4 is 16.8 Å². The quantitative estimate of drug-likeness (QED) is 0.746. The van der Waals surface area contributed by atoms with Gasteiger partial charge in [-0.3, -0.25) is 9.78 Å². The Hall–Kier alpha value is -2.62. The molecule has 2 heterocycles. The van der Waals surface area contributed by atoms with E-state index in [-0.39, 0.29) is 11.9 Å². The van der Waals surface area contributed by atoms with Crippen molar-refractivity contribution in [3.8, 4) is 0 Å². The van der Waals surface area contributed by atoms with Crippen molar-refractivity contribution in [3.63, 3.8) is 0 Å². The van der Waals surface area contributed by atoms with Crippen LogP contribution >= 0.6 is 0 Å². The molecule has 3 aromatic rings. The second-order valence-corrected chi connectivity index (χ2v) is 6.46. The lowest BCUT2D eigenvalue weighted by atomic mass is 10.1. The standard InChI is InChI=1S/C20H21N3O/c1-2-13-6-5-7-15-12-17(22-18(13)15)20(24)23-19(14-9-10-14)16-8-3-4-11-21-16/h3-8,11-12,14,19,22H,2,9-10H2,1H3,(H,23,24). The number of nitrogens with one attached hydrogen (secondary N) is 2. The lowest BCUT2D eigenvalue weighted by molar-refractivity contribution is 0.0926. The van der Waals surface area contributed by atoms with Crippen LogP contribution in [-0.4, -0.2) is 15.9 Å². The van der Waals surface area contributed by atoms with E-state index >= 15 is 0 Å². The number of para-hydroxylation sites is 1. The van der Waals surface area contributed by atoms with Crippen LogP contribution < -0.4 is 5.32 Å². The number of nitrogens with zero attached hydrogens (tertiary/aromatic N) is 1. The summed E-state index contributed by atoms with van der Waals surface area (Å²) >= 11 is 0. The molecule has 2 N–H and O–H groups in total. The number of aromatic nitrogens is 2. The van der Waals surface area contributed by atoms with Crippen LogP contribution in [0.2, 0.25) is 0 Å². The van der Waals surface area contributed by atoms with E-state index in [0.29, 0.717) is 11.6 Å². The summed E-state index contributed by atoms with van der Waals surface area (Å²) in [5.74, 6) is 0.440. The fourth-order valence-corrected chi connectivity index (χ4v) is 3.28. The second kappa shape index (κ2) is 6.11. The van der Waals surface area contributed by atoms with Gasteiger partial charge in [0.05, 0.1) is 11.7 Å². The zero-order chi connectivity index (χ0) is 16.5. The Morgan fingerprint density at radius 1 is 1.29 bits per heavy atom. The SMILES string of the molecule is CCc1cccc2cc(C(=O)NC(c3ccccn3)C3CC3)[nH]c12. The van der Waals surface area contributed by atoms with Crippen molar-refractivity contribution in [2.45, 2.75) is 32.2 Å². The minimum Gasteiger partial charge on any atom is -0.350 e. The molecule has 4 rings (SSSR count). The monoisotopic (exact) mass is 319 g/mol. The topological polar surface area (TPSA) is 57.8 Å². The maximum atomic E-state index is 12.8. The number of pyridine rings is 1. The number of benzene rings is 1. The summed E-state index contributed by atoms with van der Waals surface area (Å²) in [6.07, 6.45) is 5.02. The number of aromatic amines is 1. The number of carbonyl (C=O) groups excluding carboxylic acids is 1. The molecule has 1 fully saturated rings. The molecule has 1 aliphatic carbocycles. The fourth-order valence-electron chi connectivity index (χ4n) is 3.28. The second-order valence-electron chi connectivity index (χ2n) is 6.46. The number of hydrogen-bond acceptors (Lipinski definition) is 2. The van der Waals surface area contributed by atoms with Crippen molar-refractivity contribution < 1.29 is 4.79 Å². The van der Waals surface area contributed by atoms with E-state index in [1.54, 1.807) is 6.20 Å². The van der Waals surface area contributed by atoms with E-state index in [4.69, 9.17) is 0 Å². The van der Waals surface area contributed by atoms with Gasteiger partial charge in [0.15, 0.2) is 0 Å². The Morgan fingerprint density at radius 2 is 2.17 bits per heavy atom. The Kier molecular flexibility index (Phi) is 3.81. The summed E-state index contributed by atoms with van der Waals surface area (Å²) in [7, 11) is 0. The summed E-state index contributed by atoms with van der Waals surface area (Å²) in [6.45, 7) is 2.12. The van der Waals surface area contributed by atoms with Crippen LogP contribution in [0.4, 0.5) is 0 Å². The largest absolute Gasteiger partial charge is 0.350 e. The number of fused-ring (bicyclic) bond motifs is 1. The summed E-state index contributed by atoms with van der Waals surface area (Å²) in [4.78, 5) is 20.5. The first kappa shape index (κ1) is 14.9. The number of rotatable bonds is 5. The fraction of sp³-hybridized carbons (Fsp3) is 0.300. The van der Waals surface area contributed by atoms with Gasteiger partial charge in [-0.2, -0.15) is 0 Å². The van der Waals surface area contributed by atoms with Crippen LogP contribution in [0, 0.1) is 5.92 Å². The Balaban J connectivity index is 1.61. The molecular formula is C20H21N3O. The van der Waals surface area contributed by atoms with Crippen molar-refractivity contribution in [1.29, 1.82) is 0 Å². The van der Waals surface area contributed by atoms with Crippen molar-refractivity contribution in [2.75, 3.05) is 0 Å². The summed E-state index contributed by atoms with van der Waals surface area (Å²) in [5, 5.41) is 4.26. The third-order valence-electron chi connectivity index (χ3n) is 4.75. The molecule has 4 nitrogen and oxygen atoms in total. The molecule has 1 saturated carbocycles. The lowest BCUT2D eigenvalue weighted by Gasteiger charge is -2.17. The van der Waals surface area contributed by atoms with Crippen LogP contribution in [-0.2, 0) is 6.42 Å². The van der Waals surface area contributed by atoms with Gasteiger partial charge in [-0.1, -0.05) is 31.2 Å². The van der Waals surface area contributed by atoms with Gasteiger partial charge in [0.1, 0.15) is 5.69 Å². The summed E-state index contributed by atoms with van der Waals surface area (Å²) in [5.41, 5.74) is 3.85. The number of carbonyl (C=O) groups is 1. The molecule has 4 heteroatoms.